The smallest absolute Gasteiger partial charge is 0.390 e. The number of benzene rings is 2. The van der Waals surface area contributed by atoms with E-state index < -0.39 is 47.4 Å². The Kier molecular flexibility index (Phi) is 6.39. The predicted octanol–water partition coefficient (Wildman–Crippen LogP) is 4.34. The van der Waals surface area contributed by atoms with Crippen LogP contribution in [0.3, 0.4) is 0 Å². The summed E-state index contributed by atoms with van der Waals surface area (Å²) in [6.45, 7) is 1.25. The average molecular weight is 448 g/mol. The molecule has 2 aromatic rings. The molecular weight excluding hydrogens is 426 g/mol. The standard InChI is InChI=1S/C21H22F6N2O2/c1-12(13-7-15(20(22,23)24)9-16(8-13)21(25,26)27)31-11-19(10-17(30)18(28)29-19)14-5-3-2-4-6-14/h2-9,12,17-18,29-30H,10-11,28H2,1H3. The van der Waals surface area contributed by atoms with Gasteiger partial charge in [-0.15, -0.1) is 0 Å². The van der Waals surface area contributed by atoms with Crippen LogP contribution in [0.15, 0.2) is 48.5 Å². The SMILES string of the molecule is CC(OCC1(c2ccccc2)CC(O)C(N)N1)c1cc(C(F)(F)F)cc(C(F)(F)F)c1. The van der Waals surface area contributed by atoms with Crippen LogP contribution in [0.4, 0.5) is 26.3 Å². The topological polar surface area (TPSA) is 67.5 Å². The number of hydrogen-bond acceptors (Lipinski definition) is 4. The molecule has 3 rings (SSSR count). The summed E-state index contributed by atoms with van der Waals surface area (Å²) in [4.78, 5) is 0. The first-order valence-corrected chi connectivity index (χ1v) is 9.50. The van der Waals surface area contributed by atoms with Gasteiger partial charge in [-0.3, -0.25) is 5.32 Å². The van der Waals surface area contributed by atoms with Crippen LogP contribution >= 0.6 is 0 Å². The van der Waals surface area contributed by atoms with Crippen molar-refractivity contribution < 1.29 is 36.2 Å². The number of alkyl halides is 6. The number of rotatable bonds is 5. The van der Waals surface area contributed by atoms with E-state index in [0.29, 0.717) is 12.1 Å². The van der Waals surface area contributed by atoms with Gasteiger partial charge in [0, 0.05) is 6.42 Å². The van der Waals surface area contributed by atoms with E-state index in [0.717, 1.165) is 5.56 Å². The van der Waals surface area contributed by atoms with E-state index in [9.17, 15) is 31.4 Å². The van der Waals surface area contributed by atoms with Crippen LogP contribution in [0, 0.1) is 0 Å². The molecule has 31 heavy (non-hydrogen) atoms. The molecule has 0 amide bonds. The third kappa shape index (κ3) is 5.20. The van der Waals surface area contributed by atoms with E-state index in [1.165, 1.54) is 6.92 Å². The Labute approximate surface area is 175 Å². The fraction of sp³-hybridized carbons (Fsp3) is 0.429. The largest absolute Gasteiger partial charge is 0.416 e. The van der Waals surface area contributed by atoms with Gasteiger partial charge in [-0.25, -0.2) is 0 Å². The number of nitrogens with two attached hydrogens (primary N) is 1. The molecule has 1 saturated heterocycles. The highest BCUT2D eigenvalue weighted by molar-refractivity contribution is 5.35. The van der Waals surface area contributed by atoms with E-state index >= 15 is 0 Å². The first-order valence-electron chi connectivity index (χ1n) is 9.50. The molecule has 0 radical (unpaired) electrons. The van der Waals surface area contributed by atoms with Gasteiger partial charge in [0.25, 0.3) is 0 Å². The fourth-order valence-corrected chi connectivity index (χ4v) is 3.68. The van der Waals surface area contributed by atoms with Crippen LogP contribution in [-0.4, -0.2) is 24.0 Å². The maximum atomic E-state index is 13.1. The number of aliphatic hydroxyl groups excluding tert-OH is 1. The molecule has 1 aliphatic heterocycles. The quantitative estimate of drug-likeness (QED) is 0.596. The van der Waals surface area contributed by atoms with Gasteiger partial charge < -0.3 is 15.6 Å². The minimum absolute atomic E-state index is 0.0790. The van der Waals surface area contributed by atoms with Crippen molar-refractivity contribution in [1.29, 1.82) is 0 Å². The summed E-state index contributed by atoms with van der Waals surface area (Å²) in [6, 6.07) is 10.2. The van der Waals surface area contributed by atoms with Gasteiger partial charge in [0.2, 0.25) is 0 Å². The molecule has 1 fully saturated rings. The van der Waals surface area contributed by atoms with E-state index in [1.807, 2.05) is 0 Å². The summed E-state index contributed by atoms with van der Waals surface area (Å²) in [7, 11) is 0. The Morgan fingerprint density at radius 1 is 1.06 bits per heavy atom. The normalized spacial score (nSPS) is 25.6. The highest BCUT2D eigenvalue weighted by atomic mass is 19.4. The van der Waals surface area contributed by atoms with Gasteiger partial charge in [0.1, 0.15) is 0 Å². The highest BCUT2D eigenvalue weighted by Crippen LogP contribution is 2.39. The number of aliphatic hydroxyl groups is 1. The van der Waals surface area contributed by atoms with Crippen molar-refractivity contribution in [3.63, 3.8) is 0 Å². The molecule has 0 spiro atoms. The summed E-state index contributed by atoms with van der Waals surface area (Å²) >= 11 is 0. The summed E-state index contributed by atoms with van der Waals surface area (Å²) in [6.07, 6.45) is -12.5. The molecular formula is C21H22F6N2O2. The van der Waals surface area contributed by atoms with Crippen LogP contribution in [-0.2, 0) is 22.6 Å². The summed E-state index contributed by atoms with van der Waals surface area (Å²) in [5.41, 5.74) is 2.61. The molecule has 170 valence electrons. The Hall–Kier alpha value is -2.14. The molecule has 0 aliphatic carbocycles. The number of ether oxygens (including phenoxy) is 1. The number of halogens is 6. The molecule has 1 aliphatic rings. The number of nitrogens with one attached hydrogen (secondary N) is 1. The second-order valence-corrected chi connectivity index (χ2v) is 7.68. The van der Waals surface area contributed by atoms with E-state index in [4.69, 9.17) is 10.5 Å². The van der Waals surface area contributed by atoms with Crippen molar-refractivity contribution in [3.05, 3.63) is 70.8 Å². The van der Waals surface area contributed by atoms with E-state index in [2.05, 4.69) is 5.32 Å². The van der Waals surface area contributed by atoms with Crippen LogP contribution < -0.4 is 11.1 Å². The summed E-state index contributed by atoms with van der Waals surface area (Å²) in [5.74, 6) is 0. The molecule has 4 unspecified atom stereocenters. The van der Waals surface area contributed by atoms with Gasteiger partial charge in [-0.1, -0.05) is 30.3 Å². The van der Waals surface area contributed by atoms with Crippen molar-refractivity contribution >= 4 is 0 Å². The summed E-state index contributed by atoms with van der Waals surface area (Å²) < 4.78 is 84.6. The highest BCUT2D eigenvalue weighted by Gasteiger charge is 2.45. The molecule has 2 aromatic carbocycles. The Bertz CT molecular complexity index is 859. The van der Waals surface area contributed by atoms with Crippen molar-refractivity contribution in [3.8, 4) is 0 Å². The molecule has 0 bridgehead atoms. The first-order chi connectivity index (χ1) is 14.3. The Morgan fingerprint density at radius 2 is 1.61 bits per heavy atom. The predicted molar refractivity (Wildman–Crippen MR) is 101 cm³/mol. The van der Waals surface area contributed by atoms with Crippen molar-refractivity contribution in [2.45, 2.75) is 49.6 Å². The second-order valence-electron chi connectivity index (χ2n) is 7.68. The Morgan fingerprint density at radius 3 is 2.06 bits per heavy atom. The lowest BCUT2D eigenvalue weighted by atomic mass is 9.88. The van der Waals surface area contributed by atoms with Gasteiger partial charge >= 0.3 is 12.4 Å². The molecule has 0 aromatic heterocycles. The van der Waals surface area contributed by atoms with Gasteiger partial charge in [-0.2, -0.15) is 26.3 Å². The average Bonchev–Trinajstić information content (AvgIpc) is 3.00. The van der Waals surface area contributed by atoms with E-state index in [-0.39, 0.29) is 24.7 Å². The fourth-order valence-electron chi connectivity index (χ4n) is 3.68. The zero-order valence-corrected chi connectivity index (χ0v) is 16.5. The van der Waals surface area contributed by atoms with Gasteiger partial charge in [0.05, 0.1) is 41.6 Å². The molecule has 4 atom stereocenters. The maximum absolute atomic E-state index is 13.1. The lowest BCUT2D eigenvalue weighted by molar-refractivity contribution is -0.143. The van der Waals surface area contributed by atoms with E-state index in [1.54, 1.807) is 30.3 Å². The maximum Gasteiger partial charge on any atom is 0.416 e. The summed E-state index contributed by atoms with van der Waals surface area (Å²) in [5, 5.41) is 13.2. The van der Waals surface area contributed by atoms with Crippen molar-refractivity contribution in [2.24, 2.45) is 5.73 Å². The number of hydrogen-bond donors (Lipinski definition) is 3. The van der Waals surface area contributed by atoms with Crippen molar-refractivity contribution in [2.75, 3.05) is 6.61 Å². The zero-order valence-electron chi connectivity index (χ0n) is 16.5. The third-order valence-electron chi connectivity index (χ3n) is 5.40. The molecule has 4 nitrogen and oxygen atoms in total. The first kappa shape index (κ1) is 23.5. The van der Waals surface area contributed by atoms with Gasteiger partial charge in [-0.05, 0) is 36.2 Å². The van der Waals surface area contributed by atoms with Crippen LogP contribution in [0.25, 0.3) is 0 Å². The van der Waals surface area contributed by atoms with Crippen LogP contribution in [0.2, 0.25) is 0 Å². The lowest BCUT2D eigenvalue weighted by Crippen LogP contribution is -2.48. The third-order valence-corrected chi connectivity index (χ3v) is 5.40. The van der Waals surface area contributed by atoms with Gasteiger partial charge in [0.15, 0.2) is 0 Å². The van der Waals surface area contributed by atoms with Crippen molar-refractivity contribution in [1.82, 2.24) is 5.32 Å². The molecule has 10 heteroatoms. The lowest BCUT2D eigenvalue weighted by Gasteiger charge is -2.32. The monoisotopic (exact) mass is 448 g/mol. The Balaban J connectivity index is 1.89. The minimum Gasteiger partial charge on any atom is -0.390 e. The minimum atomic E-state index is -4.94. The molecule has 1 heterocycles. The molecule has 0 saturated carbocycles. The second kappa shape index (κ2) is 8.42. The zero-order chi connectivity index (χ0) is 23.0. The molecule has 4 N–H and O–H groups in total. The van der Waals surface area contributed by atoms with Crippen LogP contribution in [0.1, 0.15) is 41.7 Å². The van der Waals surface area contributed by atoms with Crippen LogP contribution in [0.5, 0.6) is 0 Å².